The number of sulfone groups is 1. The molecule has 1 saturated heterocycles. The lowest BCUT2D eigenvalue weighted by atomic mass is 10.2. The number of nitrogens with zero attached hydrogens (tertiary/aromatic N) is 3. The Hall–Kier alpha value is -1.67. The molecule has 1 atom stereocenters. The molecule has 1 N–H and O–H groups in total. The van der Waals surface area contributed by atoms with E-state index in [1.807, 2.05) is 27.1 Å². The number of pyridine rings is 1. The lowest BCUT2D eigenvalue weighted by molar-refractivity contribution is 0.0702. The van der Waals surface area contributed by atoms with Gasteiger partial charge < -0.3 is 15.1 Å². The normalized spacial score (nSPS) is 19.4. The number of carbonyl (C=O) groups is 1. The summed E-state index contributed by atoms with van der Waals surface area (Å²) < 4.78 is 23.4. The Balaban J connectivity index is 2.07. The van der Waals surface area contributed by atoms with Crippen LogP contribution in [0.5, 0.6) is 0 Å². The van der Waals surface area contributed by atoms with Gasteiger partial charge in [-0.25, -0.2) is 8.42 Å². The van der Waals surface area contributed by atoms with Crippen LogP contribution in [0.25, 0.3) is 0 Å². The molecule has 1 aliphatic heterocycles. The summed E-state index contributed by atoms with van der Waals surface area (Å²) >= 11 is 0. The first-order valence-electron chi connectivity index (χ1n) is 8.18. The number of carbonyl (C=O) groups excluding carboxylic acids is 1. The van der Waals surface area contributed by atoms with E-state index in [1.165, 1.54) is 0 Å². The van der Waals surface area contributed by atoms with Crippen molar-refractivity contribution in [1.82, 2.24) is 14.8 Å². The van der Waals surface area contributed by atoms with Crippen LogP contribution in [0, 0.1) is 0 Å². The molecule has 1 aromatic rings. The van der Waals surface area contributed by atoms with Crippen molar-refractivity contribution in [1.29, 1.82) is 0 Å². The lowest BCUT2D eigenvalue weighted by Gasteiger charge is -2.26. The number of nitrogens with one attached hydrogen (secondary N) is 1. The highest BCUT2D eigenvalue weighted by Gasteiger charge is 2.34. The van der Waals surface area contributed by atoms with E-state index in [0.29, 0.717) is 18.7 Å². The van der Waals surface area contributed by atoms with Crippen LogP contribution in [-0.2, 0) is 9.84 Å². The van der Waals surface area contributed by atoms with Crippen LogP contribution in [0.2, 0.25) is 0 Å². The molecule has 134 valence electrons. The molecule has 1 amide bonds. The van der Waals surface area contributed by atoms with E-state index in [0.717, 1.165) is 18.8 Å². The number of amides is 1. The van der Waals surface area contributed by atoms with E-state index in [4.69, 9.17) is 0 Å². The van der Waals surface area contributed by atoms with Gasteiger partial charge in [-0.15, -0.1) is 0 Å². The predicted molar refractivity (Wildman–Crippen MR) is 95.1 cm³/mol. The van der Waals surface area contributed by atoms with E-state index < -0.39 is 9.84 Å². The van der Waals surface area contributed by atoms with Crippen LogP contribution in [0.3, 0.4) is 0 Å². The van der Waals surface area contributed by atoms with Crippen LogP contribution < -0.4 is 5.32 Å². The highest BCUT2D eigenvalue weighted by Crippen LogP contribution is 2.20. The van der Waals surface area contributed by atoms with E-state index in [2.05, 4.69) is 15.2 Å². The monoisotopic (exact) mass is 354 g/mol. The molecule has 0 radical (unpaired) electrons. The van der Waals surface area contributed by atoms with Crippen molar-refractivity contribution >= 4 is 21.4 Å². The molecular weight excluding hydrogens is 328 g/mol. The van der Waals surface area contributed by atoms with Gasteiger partial charge >= 0.3 is 0 Å². The maximum atomic E-state index is 12.7. The van der Waals surface area contributed by atoms with Crippen LogP contribution in [0.15, 0.2) is 18.3 Å². The molecule has 2 heterocycles. The fourth-order valence-electron chi connectivity index (χ4n) is 2.82. The topological polar surface area (TPSA) is 82.6 Å². The van der Waals surface area contributed by atoms with Crippen LogP contribution >= 0.6 is 0 Å². The molecular formula is C16H26N4O3S. The zero-order valence-corrected chi connectivity index (χ0v) is 15.3. The Morgan fingerprint density at radius 1 is 1.42 bits per heavy atom. The molecule has 0 spiro atoms. The first-order valence-corrected chi connectivity index (χ1v) is 10.0. The maximum absolute atomic E-state index is 12.7. The quantitative estimate of drug-likeness (QED) is 0.776. The van der Waals surface area contributed by atoms with Crippen molar-refractivity contribution in [2.45, 2.75) is 19.4 Å². The van der Waals surface area contributed by atoms with Crippen molar-refractivity contribution in [2.24, 2.45) is 0 Å². The molecule has 7 nitrogen and oxygen atoms in total. The van der Waals surface area contributed by atoms with Gasteiger partial charge in [-0.3, -0.25) is 9.78 Å². The van der Waals surface area contributed by atoms with Crippen molar-refractivity contribution in [3.8, 4) is 0 Å². The standard InChI is InChI=1S/C16H26N4O3S/c1-4-20(14-6-10-24(22,23)12-14)16(21)15-11-13(5-7-18-15)17-8-9-19(2)3/h5,7,11,14H,4,6,8-10,12H2,1-3H3,(H,17,18). The van der Waals surface area contributed by atoms with Crippen LogP contribution in [0.1, 0.15) is 23.8 Å². The minimum atomic E-state index is -3.03. The number of rotatable bonds is 7. The van der Waals surface area contributed by atoms with Gasteiger partial charge in [-0.05, 0) is 39.6 Å². The van der Waals surface area contributed by atoms with Gasteiger partial charge in [0, 0.05) is 37.6 Å². The van der Waals surface area contributed by atoms with E-state index >= 15 is 0 Å². The number of likely N-dealkylation sites (N-methyl/N-ethyl adjacent to an activating group) is 1. The highest BCUT2D eigenvalue weighted by atomic mass is 32.2. The van der Waals surface area contributed by atoms with E-state index in [1.54, 1.807) is 17.2 Å². The Labute approximate surface area is 144 Å². The van der Waals surface area contributed by atoms with Gasteiger partial charge in [-0.1, -0.05) is 0 Å². The maximum Gasteiger partial charge on any atom is 0.272 e. The Kier molecular flexibility index (Phi) is 6.17. The molecule has 0 bridgehead atoms. The fraction of sp³-hybridized carbons (Fsp3) is 0.625. The van der Waals surface area contributed by atoms with Gasteiger partial charge in [0.05, 0.1) is 11.5 Å². The summed E-state index contributed by atoms with van der Waals surface area (Å²) in [5.74, 6) is -0.00943. The second-order valence-corrected chi connectivity index (χ2v) is 8.54. The molecule has 8 heteroatoms. The third-order valence-electron chi connectivity index (χ3n) is 4.12. The summed E-state index contributed by atoms with van der Waals surface area (Å²) in [6.45, 7) is 3.98. The smallest absolute Gasteiger partial charge is 0.272 e. The predicted octanol–water partition coefficient (Wildman–Crippen LogP) is 0.704. The SMILES string of the molecule is CCN(C(=O)c1cc(NCCN(C)C)ccn1)C1CCS(=O)(=O)C1. The average molecular weight is 354 g/mol. The second kappa shape index (κ2) is 7.94. The Bertz CT molecular complexity index is 676. The minimum absolute atomic E-state index is 0.0490. The number of hydrogen-bond acceptors (Lipinski definition) is 6. The third-order valence-corrected chi connectivity index (χ3v) is 5.87. The summed E-state index contributed by atoms with van der Waals surface area (Å²) in [7, 11) is 0.970. The minimum Gasteiger partial charge on any atom is -0.384 e. The van der Waals surface area contributed by atoms with Gasteiger partial charge in [0.2, 0.25) is 0 Å². The summed E-state index contributed by atoms with van der Waals surface area (Å²) in [6.07, 6.45) is 2.10. The van der Waals surface area contributed by atoms with E-state index in [9.17, 15) is 13.2 Å². The molecule has 0 saturated carbocycles. The first kappa shape index (κ1) is 18.7. The molecule has 1 unspecified atom stereocenters. The van der Waals surface area contributed by atoms with Crippen LogP contribution in [-0.4, -0.2) is 80.4 Å². The zero-order valence-electron chi connectivity index (χ0n) is 14.5. The summed E-state index contributed by atoms with van der Waals surface area (Å²) in [5.41, 5.74) is 1.18. The molecule has 0 aliphatic carbocycles. The number of aromatic nitrogens is 1. The number of hydrogen-bond donors (Lipinski definition) is 1. The van der Waals surface area contributed by atoms with Crippen molar-refractivity contribution in [3.05, 3.63) is 24.0 Å². The van der Waals surface area contributed by atoms with Crippen molar-refractivity contribution < 1.29 is 13.2 Å². The van der Waals surface area contributed by atoms with Gasteiger partial charge in [0.15, 0.2) is 9.84 Å². The Morgan fingerprint density at radius 3 is 2.75 bits per heavy atom. The average Bonchev–Trinajstić information content (AvgIpc) is 2.88. The molecule has 1 aliphatic rings. The molecule has 2 rings (SSSR count). The highest BCUT2D eigenvalue weighted by molar-refractivity contribution is 7.91. The Morgan fingerprint density at radius 2 is 2.17 bits per heavy atom. The number of anilines is 1. The van der Waals surface area contributed by atoms with Gasteiger partial charge in [-0.2, -0.15) is 0 Å². The zero-order chi connectivity index (χ0) is 17.7. The summed E-state index contributed by atoms with van der Waals surface area (Å²) in [5, 5.41) is 3.26. The van der Waals surface area contributed by atoms with Gasteiger partial charge in [0.25, 0.3) is 5.91 Å². The third kappa shape index (κ3) is 4.91. The van der Waals surface area contributed by atoms with Crippen LogP contribution in [0.4, 0.5) is 5.69 Å². The lowest BCUT2D eigenvalue weighted by Crippen LogP contribution is -2.41. The molecule has 1 fully saturated rings. The fourth-order valence-corrected chi connectivity index (χ4v) is 4.55. The van der Waals surface area contributed by atoms with E-state index in [-0.39, 0.29) is 23.5 Å². The molecule has 0 aromatic carbocycles. The summed E-state index contributed by atoms with van der Waals surface area (Å²) in [4.78, 5) is 20.6. The van der Waals surface area contributed by atoms with Gasteiger partial charge in [0.1, 0.15) is 5.69 Å². The molecule has 1 aromatic heterocycles. The largest absolute Gasteiger partial charge is 0.384 e. The first-order chi connectivity index (χ1) is 11.3. The van der Waals surface area contributed by atoms with Crippen molar-refractivity contribution in [2.75, 3.05) is 50.6 Å². The second-order valence-electron chi connectivity index (χ2n) is 6.31. The summed E-state index contributed by atoms with van der Waals surface area (Å²) in [6, 6.07) is 3.30. The van der Waals surface area contributed by atoms with Crippen molar-refractivity contribution in [3.63, 3.8) is 0 Å². The molecule has 24 heavy (non-hydrogen) atoms.